The smallest absolute Gasteiger partial charge is 0.314 e. The summed E-state index contributed by atoms with van der Waals surface area (Å²) in [4.78, 5) is 30.8. The molecule has 2 aliphatic rings. The molecule has 3 N–H and O–H groups in total. The van der Waals surface area contributed by atoms with E-state index in [-0.39, 0.29) is 11.9 Å². The van der Waals surface area contributed by atoms with Crippen molar-refractivity contribution >= 4 is 22.8 Å². The number of benzene rings is 1. The van der Waals surface area contributed by atoms with Crippen LogP contribution in [-0.4, -0.2) is 52.9 Å². The maximum Gasteiger partial charge on any atom is 0.314 e. The molecular formula is C22H29N4O2. The van der Waals surface area contributed by atoms with Gasteiger partial charge in [0, 0.05) is 37.9 Å². The number of primary amides is 1. The van der Waals surface area contributed by atoms with E-state index in [0.29, 0.717) is 18.3 Å². The third-order valence-electron chi connectivity index (χ3n) is 6.50. The lowest BCUT2D eigenvalue weighted by Gasteiger charge is -2.39. The Morgan fingerprint density at radius 1 is 1.00 bits per heavy atom. The van der Waals surface area contributed by atoms with E-state index >= 15 is 0 Å². The third-order valence-corrected chi connectivity index (χ3v) is 6.50. The predicted molar refractivity (Wildman–Crippen MR) is 109 cm³/mol. The van der Waals surface area contributed by atoms with Gasteiger partial charge >= 0.3 is 6.03 Å². The van der Waals surface area contributed by atoms with Gasteiger partial charge in [0.05, 0.1) is 6.42 Å². The summed E-state index contributed by atoms with van der Waals surface area (Å²) in [5.41, 5.74) is 7.66. The highest BCUT2D eigenvalue weighted by Gasteiger charge is 2.31. The summed E-state index contributed by atoms with van der Waals surface area (Å²) in [6, 6.07) is 8.04. The SMILES string of the molecule is NC(=O)N1CCC(C2CCN(C(=O)[CH]Cc3ccc4[nH]ccc4c3)CC2)CC1. The summed E-state index contributed by atoms with van der Waals surface area (Å²) in [7, 11) is 0. The van der Waals surface area contributed by atoms with Gasteiger partial charge in [-0.15, -0.1) is 0 Å². The number of rotatable bonds is 4. The van der Waals surface area contributed by atoms with Crippen LogP contribution in [0.3, 0.4) is 0 Å². The average molecular weight is 382 g/mol. The number of amides is 3. The minimum atomic E-state index is -0.301. The lowest BCUT2D eigenvalue weighted by molar-refractivity contribution is -0.129. The molecule has 3 heterocycles. The minimum Gasteiger partial charge on any atom is -0.361 e. The Morgan fingerprint density at radius 2 is 1.64 bits per heavy atom. The topological polar surface area (TPSA) is 82.4 Å². The van der Waals surface area contributed by atoms with Gasteiger partial charge in [-0.2, -0.15) is 0 Å². The van der Waals surface area contributed by atoms with Crippen LogP contribution < -0.4 is 5.73 Å². The van der Waals surface area contributed by atoms with Crippen molar-refractivity contribution < 1.29 is 9.59 Å². The number of H-pyrrole nitrogens is 1. The van der Waals surface area contributed by atoms with Crippen LogP contribution >= 0.6 is 0 Å². The Balaban J connectivity index is 1.22. The van der Waals surface area contributed by atoms with E-state index in [1.165, 1.54) is 5.39 Å². The number of urea groups is 1. The molecule has 6 heteroatoms. The number of hydrogen-bond acceptors (Lipinski definition) is 2. The highest BCUT2D eigenvalue weighted by Crippen LogP contribution is 2.32. The van der Waals surface area contributed by atoms with E-state index < -0.39 is 0 Å². The van der Waals surface area contributed by atoms with Gasteiger partial charge in [-0.1, -0.05) is 6.07 Å². The van der Waals surface area contributed by atoms with Crippen LogP contribution in [0, 0.1) is 18.3 Å². The van der Waals surface area contributed by atoms with Gasteiger partial charge in [-0.05, 0) is 73.1 Å². The number of aromatic amines is 1. The van der Waals surface area contributed by atoms with Crippen LogP contribution in [-0.2, 0) is 11.2 Å². The fraction of sp³-hybridized carbons (Fsp3) is 0.500. The molecule has 0 saturated carbocycles. The fourth-order valence-electron chi connectivity index (χ4n) is 4.75. The first-order valence-electron chi connectivity index (χ1n) is 10.3. The van der Waals surface area contributed by atoms with E-state index in [0.717, 1.165) is 62.9 Å². The monoisotopic (exact) mass is 381 g/mol. The first kappa shape index (κ1) is 18.8. The number of carbonyl (C=O) groups is 2. The van der Waals surface area contributed by atoms with Crippen molar-refractivity contribution in [3.8, 4) is 0 Å². The van der Waals surface area contributed by atoms with Crippen molar-refractivity contribution in [1.29, 1.82) is 0 Å². The van der Waals surface area contributed by atoms with E-state index in [9.17, 15) is 9.59 Å². The third kappa shape index (κ3) is 4.16. The van der Waals surface area contributed by atoms with Crippen LogP contribution in [0.5, 0.6) is 0 Å². The van der Waals surface area contributed by atoms with E-state index in [4.69, 9.17) is 5.73 Å². The van der Waals surface area contributed by atoms with Crippen LogP contribution in [0.15, 0.2) is 30.5 Å². The van der Waals surface area contributed by atoms with Crippen molar-refractivity contribution in [2.75, 3.05) is 26.2 Å². The Hall–Kier alpha value is -2.50. The number of aromatic nitrogens is 1. The zero-order valence-corrected chi connectivity index (χ0v) is 16.3. The van der Waals surface area contributed by atoms with Crippen LogP contribution in [0.4, 0.5) is 4.79 Å². The first-order chi connectivity index (χ1) is 13.6. The van der Waals surface area contributed by atoms with Gasteiger partial charge in [-0.25, -0.2) is 4.79 Å². The number of nitrogens with one attached hydrogen (secondary N) is 1. The summed E-state index contributed by atoms with van der Waals surface area (Å²) in [6.07, 6.45) is 8.63. The molecule has 0 aliphatic carbocycles. The summed E-state index contributed by atoms with van der Waals surface area (Å²) in [6.45, 7) is 3.23. The molecule has 0 unspecified atom stereocenters. The van der Waals surface area contributed by atoms with Crippen molar-refractivity contribution in [3.63, 3.8) is 0 Å². The molecule has 2 saturated heterocycles. The molecule has 6 nitrogen and oxygen atoms in total. The molecule has 28 heavy (non-hydrogen) atoms. The first-order valence-corrected chi connectivity index (χ1v) is 10.3. The number of carbonyl (C=O) groups excluding carboxylic acids is 2. The Morgan fingerprint density at radius 3 is 2.29 bits per heavy atom. The Labute approximate surface area is 166 Å². The second kappa shape index (κ2) is 8.25. The normalized spacial score (nSPS) is 19.3. The van der Waals surface area contributed by atoms with Crippen LogP contribution in [0.25, 0.3) is 10.9 Å². The van der Waals surface area contributed by atoms with Crippen LogP contribution in [0.2, 0.25) is 0 Å². The summed E-state index contributed by atoms with van der Waals surface area (Å²) in [5.74, 6) is 1.47. The van der Waals surface area contributed by atoms with Gasteiger partial charge in [0.25, 0.3) is 0 Å². The van der Waals surface area contributed by atoms with Crippen LogP contribution in [0.1, 0.15) is 31.2 Å². The molecule has 149 valence electrons. The number of nitrogens with two attached hydrogens (primary N) is 1. The molecule has 4 rings (SSSR count). The van der Waals surface area contributed by atoms with Gasteiger partial charge in [0.1, 0.15) is 0 Å². The van der Waals surface area contributed by atoms with E-state index in [2.05, 4.69) is 29.2 Å². The Kier molecular flexibility index (Phi) is 5.55. The van der Waals surface area contributed by atoms with Gasteiger partial charge in [-0.3, -0.25) is 4.79 Å². The molecule has 2 fully saturated rings. The number of hydrogen-bond donors (Lipinski definition) is 2. The van der Waals surface area contributed by atoms with Crippen molar-refractivity contribution in [3.05, 3.63) is 42.4 Å². The number of nitrogens with zero attached hydrogens (tertiary/aromatic N) is 2. The fourth-order valence-corrected chi connectivity index (χ4v) is 4.75. The average Bonchev–Trinajstić information content (AvgIpc) is 3.20. The van der Waals surface area contributed by atoms with Crippen molar-refractivity contribution in [2.45, 2.75) is 32.1 Å². The molecule has 2 aromatic rings. The van der Waals surface area contributed by atoms with Crippen molar-refractivity contribution in [2.24, 2.45) is 17.6 Å². The van der Waals surface area contributed by atoms with Gasteiger partial charge < -0.3 is 20.5 Å². The maximum absolute atomic E-state index is 12.6. The van der Waals surface area contributed by atoms with E-state index in [1.54, 1.807) is 4.90 Å². The maximum atomic E-state index is 12.6. The zero-order valence-electron chi connectivity index (χ0n) is 16.3. The summed E-state index contributed by atoms with van der Waals surface area (Å²) in [5, 5.41) is 1.18. The molecule has 0 spiro atoms. The highest BCUT2D eigenvalue weighted by molar-refractivity contribution is 5.85. The van der Waals surface area contributed by atoms with Gasteiger partial charge in [0.2, 0.25) is 5.91 Å². The molecule has 1 aromatic heterocycles. The molecule has 1 radical (unpaired) electrons. The number of likely N-dealkylation sites (tertiary alicyclic amines) is 2. The molecule has 3 amide bonds. The molecule has 2 aliphatic heterocycles. The second-order valence-electron chi connectivity index (χ2n) is 8.13. The quantitative estimate of drug-likeness (QED) is 0.854. The minimum absolute atomic E-state index is 0.149. The molecule has 1 aromatic carbocycles. The molecule has 0 bridgehead atoms. The number of fused-ring (bicyclic) bond motifs is 1. The molecule has 0 atom stereocenters. The second-order valence-corrected chi connectivity index (χ2v) is 8.13. The zero-order chi connectivity index (χ0) is 19.5. The predicted octanol–water partition coefficient (Wildman–Crippen LogP) is 2.94. The van der Waals surface area contributed by atoms with Gasteiger partial charge in [0.15, 0.2) is 0 Å². The largest absolute Gasteiger partial charge is 0.361 e. The van der Waals surface area contributed by atoms with E-state index in [1.807, 2.05) is 17.5 Å². The number of piperidine rings is 2. The highest BCUT2D eigenvalue weighted by atomic mass is 16.2. The Bertz CT molecular complexity index is 830. The summed E-state index contributed by atoms with van der Waals surface area (Å²) < 4.78 is 0. The standard InChI is InChI=1S/C22H29N4O2/c23-22(28)26-13-8-18(9-14-26)17-6-11-25(12-7-17)21(27)4-2-16-1-3-20-19(15-16)5-10-24-20/h1,3-5,10,15,17-18,24H,2,6-9,11-14H2,(H2,23,28). The lowest BCUT2D eigenvalue weighted by atomic mass is 9.79. The van der Waals surface area contributed by atoms with Crippen molar-refractivity contribution in [1.82, 2.24) is 14.8 Å². The lowest BCUT2D eigenvalue weighted by Crippen LogP contribution is -2.45. The molecular weight excluding hydrogens is 352 g/mol. The summed E-state index contributed by atoms with van der Waals surface area (Å²) >= 11 is 0.